The highest BCUT2D eigenvalue weighted by Crippen LogP contribution is 2.53. The van der Waals surface area contributed by atoms with Crippen LogP contribution in [0.15, 0.2) is 48.7 Å². The van der Waals surface area contributed by atoms with Gasteiger partial charge in [0, 0.05) is 12.5 Å². The van der Waals surface area contributed by atoms with Gasteiger partial charge in [-0.25, -0.2) is 4.79 Å². The maximum absolute atomic E-state index is 13.1. The zero-order valence-corrected chi connectivity index (χ0v) is 24.7. The average Bonchev–Trinajstić information content (AvgIpc) is 3.26. The second-order valence-corrected chi connectivity index (χ2v) is 12.0. The monoisotopic (exact) mass is 656 g/mol. The molecule has 1 saturated carbocycles. The van der Waals surface area contributed by atoms with Crippen LogP contribution in [0.2, 0.25) is 0 Å². The number of aliphatic hydroxyl groups is 9. The summed E-state index contributed by atoms with van der Waals surface area (Å²) in [6.45, 7) is -0.00438. The van der Waals surface area contributed by atoms with Gasteiger partial charge in [-0.2, -0.15) is 0 Å². The van der Waals surface area contributed by atoms with Crippen molar-refractivity contribution in [3.05, 3.63) is 54.3 Å². The molecule has 1 aromatic rings. The van der Waals surface area contributed by atoms with E-state index in [0.717, 1.165) is 6.26 Å². The third-order valence-corrected chi connectivity index (χ3v) is 8.89. The zero-order chi connectivity index (χ0) is 33.4. The Hall–Kier alpha value is -2.55. The summed E-state index contributed by atoms with van der Waals surface area (Å²) in [5.41, 5.74) is -3.10. The van der Waals surface area contributed by atoms with Gasteiger partial charge >= 0.3 is 5.97 Å². The molecule has 0 radical (unpaired) electrons. The van der Waals surface area contributed by atoms with Gasteiger partial charge < -0.3 is 74.4 Å². The fourth-order valence-electron chi connectivity index (χ4n) is 6.39. The average molecular weight is 657 g/mol. The first-order valence-electron chi connectivity index (χ1n) is 14.8. The van der Waals surface area contributed by atoms with Gasteiger partial charge in [-0.05, 0) is 24.6 Å². The predicted molar refractivity (Wildman–Crippen MR) is 151 cm³/mol. The minimum atomic E-state index is -2.12. The zero-order valence-electron chi connectivity index (χ0n) is 24.7. The molecule has 3 heterocycles. The molecule has 9 N–H and O–H groups in total. The van der Waals surface area contributed by atoms with Crippen LogP contribution < -0.4 is 0 Å². The molecule has 15 unspecified atom stereocenters. The molecule has 3 fully saturated rings. The number of benzene rings is 1. The molecular formula is C30H40O16. The smallest absolute Gasteiger partial charge is 0.331 e. The molecule has 0 bridgehead atoms. The molecule has 1 aliphatic carbocycles. The first kappa shape index (κ1) is 34.8. The molecule has 5 rings (SSSR count). The summed E-state index contributed by atoms with van der Waals surface area (Å²) in [6.07, 6.45) is -14.8. The van der Waals surface area contributed by atoms with E-state index < -0.39 is 110 Å². The lowest BCUT2D eigenvalue weighted by Gasteiger charge is -2.46. The van der Waals surface area contributed by atoms with E-state index in [1.54, 1.807) is 30.3 Å². The van der Waals surface area contributed by atoms with E-state index in [-0.39, 0.29) is 6.42 Å². The van der Waals surface area contributed by atoms with Crippen molar-refractivity contribution in [2.45, 2.75) is 98.4 Å². The van der Waals surface area contributed by atoms with Crippen LogP contribution >= 0.6 is 0 Å². The van der Waals surface area contributed by atoms with Crippen molar-refractivity contribution >= 4 is 12.0 Å². The van der Waals surface area contributed by atoms with E-state index in [9.17, 15) is 50.8 Å². The van der Waals surface area contributed by atoms with Crippen molar-refractivity contribution in [3.63, 3.8) is 0 Å². The van der Waals surface area contributed by atoms with Crippen molar-refractivity contribution < 1.29 is 79.2 Å². The number of hydrogen-bond donors (Lipinski definition) is 9. The lowest BCUT2D eigenvalue weighted by Crippen LogP contribution is -2.63. The number of rotatable bonds is 9. The van der Waals surface area contributed by atoms with E-state index in [2.05, 4.69) is 0 Å². The second kappa shape index (κ2) is 13.9. The van der Waals surface area contributed by atoms with Gasteiger partial charge in [-0.1, -0.05) is 30.3 Å². The minimum absolute atomic E-state index is 0.281. The molecule has 0 amide bonds. The number of esters is 1. The summed E-state index contributed by atoms with van der Waals surface area (Å²) in [5.74, 6) is -2.19. The number of ether oxygens (including phenoxy) is 6. The van der Waals surface area contributed by atoms with Crippen molar-refractivity contribution in [1.29, 1.82) is 0 Å². The topological polar surface area (TPSA) is 255 Å². The van der Waals surface area contributed by atoms with Crippen LogP contribution in [-0.2, 0) is 33.2 Å². The van der Waals surface area contributed by atoms with Crippen LogP contribution in [0.25, 0.3) is 6.08 Å². The maximum Gasteiger partial charge on any atom is 0.331 e. The Morgan fingerprint density at radius 1 is 0.848 bits per heavy atom. The Morgan fingerprint density at radius 3 is 1.98 bits per heavy atom. The van der Waals surface area contributed by atoms with Crippen molar-refractivity contribution in [3.8, 4) is 0 Å². The van der Waals surface area contributed by atoms with Crippen molar-refractivity contribution in [2.75, 3.05) is 13.2 Å². The molecule has 2 saturated heterocycles. The Morgan fingerprint density at radius 2 is 1.41 bits per heavy atom. The summed E-state index contributed by atoms with van der Waals surface area (Å²) in [4.78, 5) is 13.1. The largest absolute Gasteiger partial charge is 0.472 e. The van der Waals surface area contributed by atoms with Gasteiger partial charge in [0.15, 0.2) is 12.6 Å². The Bertz CT molecular complexity index is 1240. The van der Waals surface area contributed by atoms with Gasteiger partial charge in [0.05, 0.1) is 31.5 Å². The lowest BCUT2D eigenvalue weighted by atomic mass is 9.81. The van der Waals surface area contributed by atoms with E-state index in [1.807, 2.05) is 0 Å². The van der Waals surface area contributed by atoms with Gasteiger partial charge in [0.2, 0.25) is 6.29 Å². The van der Waals surface area contributed by atoms with Crippen LogP contribution in [0.4, 0.5) is 0 Å². The third kappa shape index (κ3) is 6.59. The van der Waals surface area contributed by atoms with Gasteiger partial charge in [-0.15, -0.1) is 0 Å². The van der Waals surface area contributed by atoms with Crippen LogP contribution in [0.5, 0.6) is 0 Å². The fraction of sp³-hybridized carbons (Fsp3) is 0.633. The van der Waals surface area contributed by atoms with E-state index in [4.69, 9.17) is 28.4 Å². The summed E-state index contributed by atoms with van der Waals surface area (Å²) in [7, 11) is 0. The van der Waals surface area contributed by atoms with Gasteiger partial charge in [0.1, 0.15) is 60.0 Å². The molecule has 256 valence electrons. The highest BCUT2D eigenvalue weighted by atomic mass is 16.8. The third-order valence-electron chi connectivity index (χ3n) is 8.89. The molecule has 4 aliphatic rings. The summed E-state index contributed by atoms with van der Waals surface area (Å²) in [5, 5.41) is 93.5. The Balaban J connectivity index is 1.44. The van der Waals surface area contributed by atoms with Crippen molar-refractivity contribution in [2.24, 2.45) is 5.92 Å². The molecule has 15 atom stereocenters. The summed E-state index contributed by atoms with van der Waals surface area (Å²) in [6, 6.07) is 8.87. The highest BCUT2D eigenvalue weighted by molar-refractivity contribution is 5.87. The Kier molecular flexibility index (Phi) is 10.5. The first-order chi connectivity index (χ1) is 21.8. The quantitative estimate of drug-likeness (QED) is 0.0928. The van der Waals surface area contributed by atoms with Crippen LogP contribution in [0, 0.1) is 5.92 Å². The van der Waals surface area contributed by atoms with E-state index in [1.165, 1.54) is 25.2 Å². The molecule has 0 aromatic heterocycles. The second-order valence-electron chi connectivity index (χ2n) is 12.0. The number of carbonyl (C=O) groups is 1. The molecule has 1 aromatic carbocycles. The van der Waals surface area contributed by atoms with Crippen LogP contribution in [-0.4, -0.2) is 150 Å². The van der Waals surface area contributed by atoms with Crippen molar-refractivity contribution in [1.82, 2.24) is 0 Å². The molecule has 46 heavy (non-hydrogen) atoms. The van der Waals surface area contributed by atoms with Gasteiger partial charge in [-0.3, -0.25) is 0 Å². The summed E-state index contributed by atoms with van der Waals surface area (Å²) < 4.78 is 34.3. The molecule has 3 aliphatic heterocycles. The summed E-state index contributed by atoms with van der Waals surface area (Å²) >= 11 is 0. The predicted octanol–water partition coefficient (Wildman–Crippen LogP) is -3.38. The molecule has 16 heteroatoms. The van der Waals surface area contributed by atoms with E-state index in [0.29, 0.717) is 5.56 Å². The highest BCUT2D eigenvalue weighted by Gasteiger charge is 2.68. The molecule has 0 spiro atoms. The standard InChI is InChI=1S/C30H40O16/c1-29(46-18(33)8-7-14-5-3-2-4-6-14)11-17(44-26-23(38)21(36)19(34)15(12-31)42-26)30(40)9-10-41-28(25(29)30)45-27-24(39)22(37)20(35)16(13-32)43-27/h2-10,15-17,19-28,31-32,34-40H,11-13H2,1H3. The van der Waals surface area contributed by atoms with Crippen LogP contribution in [0.3, 0.4) is 0 Å². The Labute approximate surface area is 263 Å². The number of aliphatic hydroxyl groups excluding tert-OH is 8. The lowest BCUT2D eigenvalue weighted by molar-refractivity contribution is -0.354. The number of carbonyl (C=O) groups excluding carboxylic acids is 1. The number of hydrogen-bond acceptors (Lipinski definition) is 16. The van der Waals surface area contributed by atoms with Gasteiger partial charge in [0.25, 0.3) is 0 Å². The van der Waals surface area contributed by atoms with Crippen LogP contribution in [0.1, 0.15) is 18.9 Å². The fourth-order valence-corrected chi connectivity index (χ4v) is 6.39. The SMILES string of the molecule is CC1(OC(=O)C=Cc2ccccc2)CC(OC2OC(CO)C(O)C(O)C2O)C2(O)C=COC(OC3OC(CO)C(O)C(O)C3O)C12. The first-order valence-corrected chi connectivity index (χ1v) is 14.8. The van der Waals surface area contributed by atoms with E-state index >= 15 is 0 Å². The minimum Gasteiger partial charge on any atom is -0.472 e. The maximum atomic E-state index is 13.1. The number of fused-ring (bicyclic) bond motifs is 1. The molecular weight excluding hydrogens is 616 g/mol. The molecule has 16 nitrogen and oxygen atoms in total. The normalized spacial score (nSPS) is 45.7.